The molecular weight excluding hydrogens is 242 g/mol. The second-order valence-electron chi connectivity index (χ2n) is 4.50. The van der Waals surface area contributed by atoms with Crippen LogP contribution in [0.2, 0.25) is 0 Å². The predicted molar refractivity (Wildman–Crippen MR) is 71.4 cm³/mol. The Morgan fingerprint density at radius 3 is 2.58 bits per heavy atom. The van der Waals surface area contributed by atoms with Gasteiger partial charge in [0, 0.05) is 18.1 Å². The van der Waals surface area contributed by atoms with Crippen molar-refractivity contribution < 1.29 is 9.59 Å². The van der Waals surface area contributed by atoms with Gasteiger partial charge in [-0.2, -0.15) is 0 Å². The van der Waals surface area contributed by atoms with Crippen LogP contribution in [0.15, 0.2) is 47.6 Å². The highest BCUT2D eigenvalue weighted by Gasteiger charge is 2.44. The number of benzene rings is 1. The average molecular weight is 255 g/mol. The summed E-state index contributed by atoms with van der Waals surface area (Å²) in [6.07, 6.45) is 4.36. The molecule has 2 atom stereocenters. The highest BCUT2D eigenvalue weighted by atomic mass is 16.2. The van der Waals surface area contributed by atoms with Gasteiger partial charge in [-0.3, -0.25) is 19.4 Å². The van der Waals surface area contributed by atoms with Crippen LogP contribution in [0.4, 0.5) is 5.69 Å². The van der Waals surface area contributed by atoms with Crippen LogP contribution < -0.4 is 4.90 Å². The van der Waals surface area contributed by atoms with E-state index in [2.05, 4.69) is 4.99 Å². The summed E-state index contributed by atoms with van der Waals surface area (Å²) in [6.45, 7) is 1.63. The van der Waals surface area contributed by atoms with Crippen LogP contribution in [0.1, 0.15) is 6.92 Å². The van der Waals surface area contributed by atoms with E-state index in [0.717, 1.165) is 5.69 Å². The molecule has 0 saturated carbocycles. The van der Waals surface area contributed by atoms with E-state index in [0.29, 0.717) is 0 Å². The minimum absolute atomic E-state index is 0.213. The second-order valence-corrected chi connectivity index (χ2v) is 4.50. The zero-order valence-corrected chi connectivity index (χ0v) is 10.4. The molecular formula is C14H13N3O2. The highest BCUT2D eigenvalue weighted by Crippen LogP contribution is 2.29. The molecule has 2 unspecified atom stereocenters. The molecule has 0 aliphatic carbocycles. The molecule has 1 aromatic rings. The van der Waals surface area contributed by atoms with Gasteiger partial charge in [-0.1, -0.05) is 18.2 Å². The van der Waals surface area contributed by atoms with Crippen LogP contribution in [0, 0.1) is 5.92 Å². The van der Waals surface area contributed by atoms with Crippen molar-refractivity contribution >= 4 is 23.7 Å². The Morgan fingerprint density at radius 1 is 1.11 bits per heavy atom. The molecule has 2 aliphatic rings. The number of para-hydroxylation sites is 1. The Morgan fingerprint density at radius 2 is 1.84 bits per heavy atom. The van der Waals surface area contributed by atoms with E-state index in [-0.39, 0.29) is 11.8 Å². The number of carbonyl (C=O) groups excluding carboxylic acids is 2. The number of nitrogens with zero attached hydrogens (tertiary/aromatic N) is 3. The summed E-state index contributed by atoms with van der Waals surface area (Å²) in [4.78, 5) is 31.8. The normalized spacial score (nSPS) is 25.7. The topological polar surface area (TPSA) is 53.0 Å². The van der Waals surface area contributed by atoms with Crippen molar-refractivity contribution in [2.45, 2.75) is 13.2 Å². The third-order valence-corrected chi connectivity index (χ3v) is 3.30. The quantitative estimate of drug-likeness (QED) is 0.712. The molecule has 0 radical (unpaired) electrons. The van der Waals surface area contributed by atoms with Crippen molar-refractivity contribution in [1.29, 1.82) is 0 Å². The van der Waals surface area contributed by atoms with Crippen LogP contribution in [-0.2, 0) is 9.59 Å². The Labute approximate surface area is 110 Å². The largest absolute Gasteiger partial charge is 0.277 e. The summed E-state index contributed by atoms with van der Waals surface area (Å²) in [6, 6.07) is 9.28. The Balaban J connectivity index is 2.07. The second kappa shape index (κ2) is 4.35. The van der Waals surface area contributed by atoms with Gasteiger partial charge in [0.25, 0.3) is 0 Å². The lowest BCUT2D eigenvalue weighted by atomic mass is 10.0. The lowest BCUT2D eigenvalue weighted by Gasteiger charge is -2.42. The fraction of sp³-hybridized carbons (Fsp3) is 0.214. The van der Waals surface area contributed by atoms with Crippen molar-refractivity contribution in [2.75, 3.05) is 4.90 Å². The number of aliphatic imine (C=N–C) groups is 1. The first kappa shape index (κ1) is 11.6. The van der Waals surface area contributed by atoms with E-state index in [1.54, 1.807) is 30.3 Å². The Kier molecular flexibility index (Phi) is 2.67. The summed E-state index contributed by atoms with van der Waals surface area (Å²) in [7, 11) is 0. The molecule has 0 aromatic heterocycles. The number of carbonyl (C=O) groups is 2. The zero-order chi connectivity index (χ0) is 13.4. The highest BCUT2D eigenvalue weighted by molar-refractivity contribution is 6.11. The number of hydrogen-bond acceptors (Lipinski definition) is 3. The van der Waals surface area contributed by atoms with Gasteiger partial charge in [-0.15, -0.1) is 0 Å². The molecule has 1 aromatic carbocycles. The summed E-state index contributed by atoms with van der Waals surface area (Å²) in [5, 5.41) is 0. The summed E-state index contributed by atoms with van der Waals surface area (Å²) in [5.74, 6) is -1.12. The molecule has 5 nitrogen and oxygen atoms in total. The van der Waals surface area contributed by atoms with Gasteiger partial charge >= 0.3 is 0 Å². The minimum atomic E-state index is -0.686. The summed E-state index contributed by atoms with van der Waals surface area (Å²) < 4.78 is 0. The molecule has 96 valence electrons. The van der Waals surface area contributed by atoms with Gasteiger partial charge in [0.15, 0.2) is 0 Å². The van der Waals surface area contributed by atoms with Crippen molar-refractivity contribution in [3.05, 3.63) is 42.6 Å². The van der Waals surface area contributed by atoms with E-state index in [1.165, 1.54) is 4.90 Å². The molecule has 2 aliphatic heterocycles. The van der Waals surface area contributed by atoms with Gasteiger partial charge in [0.1, 0.15) is 5.92 Å². The number of fused-ring (bicyclic) bond motifs is 1. The maximum Gasteiger partial charge on any atom is 0.242 e. The fourth-order valence-electron chi connectivity index (χ4n) is 2.29. The van der Waals surface area contributed by atoms with Gasteiger partial charge in [-0.25, -0.2) is 4.99 Å². The molecule has 2 heterocycles. The van der Waals surface area contributed by atoms with E-state index in [4.69, 9.17) is 0 Å². The molecule has 5 heteroatoms. The number of amides is 2. The molecule has 19 heavy (non-hydrogen) atoms. The maximum atomic E-state index is 12.4. The smallest absolute Gasteiger partial charge is 0.242 e. The Bertz CT molecular complexity index is 580. The maximum absolute atomic E-state index is 12.4. The molecule has 1 saturated heterocycles. The molecule has 0 bridgehead atoms. The van der Waals surface area contributed by atoms with Gasteiger partial charge < -0.3 is 0 Å². The van der Waals surface area contributed by atoms with Crippen molar-refractivity contribution in [3.8, 4) is 0 Å². The first-order chi connectivity index (χ1) is 9.20. The predicted octanol–water partition coefficient (Wildman–Crippen LogP) is 1.38. The minimum Gasteiger partial charge on any atom is -0.277 e. The zero-order valence-electron chi connectivity index (χ0n) is 10.4. The SMILES string of the molecule is CC1C(=O)N2C=CC=NC2N(c2ccccc2)C1=O. The van der Waals surface area contributed by atoms with Crippen LogP contribution in [0.3, 0.4) is 0 Å². The first-order valence-electron chi connectivity index (χ1n) is 6.10. The average Bonchev–Trinajstić information content (AvgIpc) is 2.46. The lowest BCUT2D eigenvalue weighted by molar-refractivity contribution is -0.144. The third kappa shape index (κ3) is 1.74. The summed E-state index contributed by atoms with van der Waals surface area (Å²) in [5.41, 5.74) is 0.745. The third-order valence-electron chi connectivity index (χ3n) is 3.30. The van der Waals surface area contributed by atoms with Crippen LogP contribution in [0.25, 0.3) is 0 Å². The van der Waals surface area contributed by atoms with Crippen molar-refractivity contribution in [1.82, 2.24) is 4.90 Å². The number of hydrogen-bond donors (Lipinski definition) is 0. The number of rotatable bonds is 1. The fourth-order valence-corrected chi connectivity index (χ4v) is 2.29. The van der Waals surface area contributed by atoms with Crippen molar-refractivity contribution in [3.63, 3.8) is 0 Å². The lowest BCUT2D eigenvalue weighted by Crippen LogP contribution is -2.60. The van der Waals surface area contributed by atoms with E-state index in [1.807, 2.05) is 30.3 Å². The number of allylic oxidation sites excluding steroid dienone is 1. The van der Waals surface area contributed by atoms with E-state index >= 15 is 0 Å². The molecule has 2 amide bonds. The van der Waals surface area contributed by atoms with Crippen LogP contribution in [0.5, 0.6) is 0 Å². The molecule has 0 spiro atoms. The summed E-state index contributed by atoms with van der Waals surface area (Å²) >= 11 is 0. The van der Waals surface area contributed by atoms with Crippen LogP contribution in [-0.4, -0.2) is 29.2 Å². The first-order valence-corrected chi connectivity index (χ1v) is 6.10. The number of anilines is 1. The molecule has 0 N–H and O–H groups in total. The standard InChI is InChI=1S/C14H13N3O2/c1-10-12(18)16-9-5-8-15-14(16)17(13(10)19)11-6-3-2-4-7-11/h2-10,14H,1H3. The molecule has 1 fully saturated rings. The van der Waals surface area contributed by atoms with Crippen LogP contribution >= 0.6 is 0 Å². The molecule has 3 rings (SSSR count). The van der Waals surface area contributed by atoms with Gasteiger partial charge in [-0.05, 0) is 25.1 Å². The van der Waals surface area contributed by atoms with Gasteiger partial charge in [0.2, 0.25) is 18.1 Å². The van der Waals surface area contributed by atoms with E-state index in [9.17, 15) is 9.59 Å². The van der Waals surface area contributed by atoms with E-state index < -0.39 is 12.2 Å². The Hall–Kier alpha value is -2.43. The van der Waals surface area contributed by atoms with Crippen molar-refractivity contribution in [2.24, 2.45) is 10.9 Å². The van der Waals surface area contributed by atoms with Gasteiger partial charge in [0.05, 0.1) is 0 Å². The monoisotopic (exact) mass is 255 g/mol.